The Bertz CT molecular complexity index is 425. The van der Waals surface area contributed by atoms with Gasteiger partial charge in [0.15, 0.2) is 0 Å². The molecule has 1 fully saturated rings. The van der Waals surface area contributed by atoms with E-state index in [9.17, 15) is 0 Å². The molecule has 2 rings (SSSR count). The van der Waals surface area contributed by atoms with Crippen molar-refractivity contribution in [1.29, 1.82) is 0 Å². The molecule has 0 amide bonds. The third-order valence-corrected chi connectivity index (χ3v) is 5.50. The van der Waals surface area contributed by atoms with Gasteiger partial charge in [-0.2, -0.15) is 0 Å². The highest BCUT2D eigenvalue weighted by molar-refractivity contribution is 5.54. The van der Waals surface area contributed by atoms with Gasteiger partial charge in [0.25, 0.3) is 0 Å². The topological polar surface area (TPSA) is 15.3 Å². The Morgan fingerprint density at radius 3 is 2.10 bits per heavy atom. The summed E-state index contributed by atoms with van der Waals surface area (Å²) in [6, 6.07) is 9.44. The summed E-state index contributed by atoms with van der Waals surface area (Å²) in [5, 5.41) is 3.72. The third-order valence-electron chi connectivity index (χ3n) is 5.50. The summed E-state index contributed by atoms with van der Waals surface area (Å²) in [4.78, 5) is 2.14. The first kappa shape index (κ1) is 16.2. The lowest BCUT2D eigenvalue weighted by molar-refractivity contribution is 0.147. The molecule has 1 aromatic carbocycles. The Hall–Kier alpha value is -1.18. The lowest BCUT2D eigenvalue weighted by Crippen LogP contribution is -2.32. The summed E-state index contributed by atoms with van der Waals surface area (Å²) >= 11 is 0. The van der Waals surface area contributed by atoms with Gasteiger partial charge in [-0.25, -0.2) is 0 Å². The molecule has 2 heteroatoms. The molecule has 1 aliphatic carbocycles. The lowest BCUT2D eigenvalue weighted by Gasteiger charge is -2.39. The predicted octanol–water partition coefficient (Wildman–Crippen LogP) is 5.16. The molecule has 0 unspecified atom stereocenters. The van der Waals surface area contributed by atoms with Gasteiger partial charge in [0.05, 0.1) is 0 Å². The maximum absolute atomic E-state index is 3.72. The minimum Gasteiger partial charge on any atom is -0.382 e. The summed E-state index contributed by atoms with van der Waals surface area (Å²) in [5.74, 6) is 0.900. The number of rotatable bonds is 5. The van der Waals surface area contributed by atoms with Gasteiger partial charge in [-0.15, -0.1) is 0 Å². The molecule has 0 aliphatic heterocycles. The van der Waals surface area contributed by atoms with Gasteiger partial charge in [0.1, 0.15) is 0 Å². The van der Waals surface area contributed by atoms with E-state index in [1.165, 1.54) is 43.5 Å². The highest BCUT2D eigenvalue weighted by Gasteiger charge is 2.31. The fraction of sp³-hybridized carbons (Fsp3) is 0.684. The molecule has 1 aliphatic rings. The van der Waals surface area contributed by atoms with Crippen LogP contribution in [0.15, 0.2) is 24.3 Å². The summed E-state index contributed by atoms with van der Waals surface area (Å²) < 4.78 is 0. The standard InChI is InChI=1S/C19H32N2/c1-6-19(2,3)15-7-9-16(10-8-15)20-17-11-13-18(14-12-17)21(4)5/h11-16,20H,6-10H2,1-5H3. The average Bonchev–Trinajstić information content (AvgIpc) is 2.48. The summed E-state index contributed by atoms with van der Waals surface area (Å²) in [6.45, 7) is 7.20. The van der Waals surface area contributed by atoms with Gasteiger partial charge in [-0.3, -0.25) is 0 Å². The van der Waals surface area contributed by atoms with Crippen LogP contribution < -0.4 is 10.2 Å². The maximum Gasteiger partial charge on any atom is 0.0362 e. The Morgan fingerprint density at radius 1 is 1.05 bits per heavy atom. The van der Waals surface area contributed by atoms with Crippen molar-refractivity contribution in [2.75, 3.05) is 24.3 Å². The van der Waals surface area contributed by atoms with Crippen LogP contribution >= 0.6 is 0 Å². The molecule has 2 nitrogen and oxygen atoms in total. The number of nitrogens with zero attached hydrogens (tertiary/aromatic N) is 1. The highest BCUT2D eigenvalue weighted by Crippen LogP contribution is 2.40. The smallest absolute Gasteiger partial charge is 0.0362 e. The first-order valence-corrected chi connectivity index (χ1v) is 8.46. The van der Waals surface area contributed by atoms with Crippen LogP contribution in [0.25, 0.3) is 0 Å². The fourth-order valence-corrected chi connectivity index (χ4v) is 3.40. The van der Waals surface area contributed by atoms with E-state index in [0.29, 0.717) is 11.5 Å². The van der Waals surface area contributed by atoms with Crippen molar-refractivity contribution in [3.63, 3.8) is 0 Å². The van der Waals surface area contributed by atoms with Crippen molar-refractivity contribution in [2.45, 2.75) is 58.9 Å². The van der Waals surface area contributed by atoms with Gasteiger partial charge in [0.2, 0.25) is 0 Å². The van der Waals surface area contributed by atoms with Crippen molar-refractivity contribution in [1.82, 2.24) is 0 Å². The van der Waals surface area contributed by atoms with E-state index in [0.717, 1.165) is 5.92 Å². The Balaban J connectivity index is 1.86. The van der Waals surface area contributed by atoms with Crippen LogP contribution in [0.3, 0.4) is 0 Å². The Kier molecular flexibility index (Phi) is 5.18. The predicted molar refractivity (Wildman–Crippen MR) is 94.2 cm³/mol. The molecule has 1 aromatic rings. The second-order valence-corrected chi connectivity index (χ2v) is 7.48. The molecule has 21 heavy (non-hydrogen) atoms. The van der Waals surface area contributed by atoms with Crippen LogP contribution in [-0.4, -0.2) is 20.1 Å². The van der Waals surface area contributed by atoms with Crippen molar-refractivity contribution in [2.24, 2.45) is 11.3 Å². The normalized spacial score (nSPS) is 22.9. The van der Waals surface area contributed by atoms with Crippen LogP contribution in [0, 0.1) is 11.3 Å². The zero-order chi connectivity index (χ0) is 15.5. The number of anilines is 2. The highest BCUT2D eigenvalue weighted by atomic mass is 15.1. The summed E-state index contributed by atoms with van der Waals surface area (Å²) in [7, 11) is 4.17. The van der Waals surface area contributed by atoms with E-state index in [1.807, 2.05) is 0 Å². The summed E-state index contributed by atoms with van der Waals surface area (Å²) in [5.41, 5.74) is 3.03. The molecule has 0 bridgehead atoms. The van der Waals surface area contributed by atoms with Crippen LogP contribution in [-0.2, 0) is 0 Å². The van der Waals surface area contributed by atoms with E-state index in [1.54, 1.807) is 0 Å². The van der Waals surface area contributed by atoms with E-state index in [-0.39, 0.29) is 0 Å². The quantitative estimate of drug-likeness (QED) is 0.805. The molecule has 0 saturated heterocycles. The van der Waals surface area contributed by atoms with Crippen molar-refractivity contribution < 1.29 is 0 Å². The van der Waals surface area contributed by atoms with Crippen LogP contribution in [0.2, 0.25) is 0 Å². The molecule has 118 valence electrons. The largest absolute Gasteiger partial charge is 0.382 e. The molecule has 0 spiro atoms. The fourth-order valence-electron chi connectivity index (χ4n) is 3.40. The second kappa shape index (κ2) is 6.72. The maximum atomic E-state index is 3.72. The Labute approximate surface area is 130 Å². The molecule has 0 radical (unpaired) electrons. The van der Waals surface area contributed by atoms with E-state index >= 15 is 0 Å². The van der Waals surface area contributed by atoms with Gasteiger partial charge in [0, 0.05) is 31.5 Å². The monoisotopic (exact) mass is 288 g/mol. The second-order valence-electron chi connectivity index (χ2n) is 7.48. The molecule has 1 N–H and O–H groups in total. The molecule has 0 aromatic heterocycles. The van der Waals surface area contributed by atoms with E-state index in [4.69, 9.17) is 0 Å². The van der Waals surface area contributed by atoms with Crippen molar-refractivity contribution in [3.8, 4) is 0 Å². The minimum absolute atomic E-state index is 0.512. The first-order chi connectivity index (χ1) is 9.92. The first-order valence-electron chi connectivity index (χ1n) is 8.46. The number of hydrogen-bond acceptors (Lipinski definition) is 2. The van der Waals surface area contributed by atoms with Crippen LogP contribution in [0.4, 0.5) is 11.4 Å². The molecule has 0 atom stereocenters. The van der Waals surface area contributed by atoms with E-state index < -0.39 is 0 Å². The van der Waals surface area contributed by atoms with E-state index in [2.05, 4.69) is 69.3 Å². The van der Waals surface area contributed by atoms with Gasteiger partial charge >= 0.3 is 0 Å². The molecular weight excluding hydrogens is 256 g/mol. The molecule has 0 heterocycles. The SMILES string of the molecule is CCC(C)(C)C1CCC(Nc2ccc(N(C)C)cc2)CC1. The third kappa shape index (κ3) is 4.15. The Morgan fingerprint density at radius 2 is 1.62 bits per heavy atom. The lowest BCUT2D eigenvalue weighted by atomic mass is 9.69. The number of benzene rings is 1. The zero-order valence-electron chi connectivity index (χ0n) is 14.4. The molecule has 1 saturated carbocycles. The van der Waals surface area contributed by atoms with Crippen molar-refractivity contribution in [3.05, 3.63) is 24.3 Å². The average molecular weight is 288 g/mol. The van der Waals surface area contributed by atoms with Crippen LogP contribution in [0.5, 0.6) is 0 Å². The van der Waals surface area contributed by atoms with Gasteiger partial charge in [-0.1, -0.05) is 27.2 Å². The molecular formula is C19H32N2. The zero-order valence-corrected chi connectivity index (χ0v) is 14.4. The minimum atomic E-state index is 0.512. The van der Waals surface area contributed by atoms with Crippen molar-refractivity contribution >= 4 is 11.4 Å². The number of nitrogens with one attached hydrogen (secondary N) is 1. The van der Waals surface area contributed by atoms with Gasteiger partial charge in [-0.05, 0) is 61.3 Å². The van der Waals surface area contributed by atoms with Crippen LogP contribution in [0.1, 0.15) is 52.9 Å². The van der Waals surface area contributed by atoms with Gasteiger partial charge < -0.3 is 10.2 Å². The summed E-state index contributed by atoms with van der Waals surface area (Å²) in [6.07, 6.45) is 6.65. The number of hydrogen-bond donors (Lipinski definition) is 1.